The molecule has 4 heterocycles. The Morgan fingerprint density at radius 2 is 1.97 bits per heavy atom. The summed E-state index contributed by atoms with van der Waals surface area (Å²) in [5.41, 5.74) is 1.80. The van der Waals surface area contributed by atoms with Gasteiger partial charge in [-0.05, 0) is 56.1 Å². The number of ether oxygens (including phenoxy) is 1. The first-order valence-corrected chi connectivity index (χ1v) is 14.9. The molecule has 0 saturated heterocycles. The number of hydrogen-bond acceptors (Lipinski definition) is 3. The molecule has 0 aliphatic heterocycles. The first kappa shape index (κ1) is 22.5. The van der Waals surface area contributed by atoms with Gasteiger partial charge in [-0.3, -0.25) is 0 Å². The quantitative estimate of drug-likeness (QED) is 0.210. The zero-order valence-corrected chi connectivity index (χ0v) is 21.5. The molecule has 0 aliphatic rings. The van der Waals surface area contributed by atoms with Crippen molar-refractivity contribution in [2.75, 3.05) is 6.61 Å². The van der Waals surface area contributed by atoms with Gasteiger partial charge in [0.1, 0.15) is 18.0 Å². The van der Waals surface area contributed by atoms with Gasteiger partial charge in [-0.15, -0.1) is 0 Å². The molecule has 29 heavy (non-hydrogen) atoms. The first-order chi connectivity index (χ1) is 13.7. The van der Waals surface area contributed by atoms with Gasteiger partial charge in [0, 0.05) is 54.7 Å². The van der Waals surface area contributed by atoms with E-state index in [1.165, 1.54) is 6.04 Å². The van der Waals surface area contributed by atoms with E-state index in [1.807, 2.05) is 35.2 Å². The fraction of sp³-hybridized carbons (Fsp3) is 0.300. The molecule has 154 valence electrons. The molecule has 4 aromatic heterocycles. The second-order valence-corrected chi connectivity index (χ2v) is 15.6. The predicted octanol–water partition coefficient (Wildman–Crippen LogP) is 7.09. The van der Waals surface area contributed by atoms with E-state index in [-0.39, 0.29) is 0 Å². The standard InChI is InChI=1S/C13H18BrClN2OSi.C7H5BrN2/c1-19(2,3)7-6-18-9-17-5-4-10-12(15)11(14)8-16-13(10)17;8-6-3-5-1-2-9-7(5)10-4-6/h4-5,8H,6-7,9H2,1-3H3;1-4H,(H,9,10). The van der Waals surface area contributed by atoms with Crippen molar-refractivity contribution in [3.05, 3.63) is 57.0 Å². The number of fused-ring (bicyclic) bond motifs is 2. The highest BCUT2D eigenvalue weighted by molar-refractivity contribution is 9.10. The number of H-pyrrole nitrogens is 1. The van der Waals surface area contributed by atoms with Crippen molar-refractivity contribution >= 4 is 73.6 Å². The summed E-state index contributed by atoms with van der Waals surface area (Å²) >= 11 is 12.9. The van der Waals surface area contributed by atoms with Crippen molar-refractivity contribution < 1.29 is 4.74 Å². The summed E-state index contributed by atoms with van der Waals surface area (Å²) in [7, 11) is -1.03. The molecule has 4 rings (SSSR count). The molecule has 9 heteroatoms. The van der Waals surface area contributed by atoms with E-state index in [2.05, 4.69) is 66.5 Å². The zero-order valence-electron chi connectivity index (χ0n) is 16.5. The predicted molar refractivity (Wildman–Crippen MR) is 130 cm³/mol. The molecule has 4 aromatic rings. The Balaban J connectivity index is 0.000000200. The molecule has 0 radical (unpaired) electrons. The summed E-state index contributed by atoms with van der Waals surface area (Å²) in [5, 5.41) is 2.78. The van der Waals surface area contributed by atoms with Crippen LogP contribution in [0, 0.1) is 0 Å². The number of pyridine rings is 2. The number of aromatic amines is 1. The average molecular weight is 559 g/mol. The van der Waals surface area contributed by atoms with Crippen LogP contribution in [0.1, 0.15) is 0 Å². The van der Waals surface area contributed by atoms with Gasteiger partial charge in [0.25, 0.3) is 0 Å². The van der Waals surface area contributed by atoms with Gasteiger partial charge >= 0.3 is 0 Å². The van der Waals surface area contributed by atoms with E-state index in [9.17, 15) is 0 Å². The lowest BCUT2D eigenvalue weighted by Crippen LogP contribution is -2.22. The van der Waals surface area contributed by atoms with Crippen molar-refractivity contribution in [3.63, 3.8) is 0 Å². The molecular weight excluding hydrogens is 536 g/mol. The Kier molecular flexibility index (Phi) is 7.56. The maximum Gasteiger partial charge on any atom is 0.143 e. The molecule has 1 N–H and O–H groups in total. The van der Waals surface area contributed by atoms with E-state index < -0.39 is 8.07 Å². The van der Waals surface area contributed by atoms with Gasteiger partial charge < -0.3 is 14.3 Å². The van der Waals surface area contributed by atoms with Gasteiger partial charge in [-0.1, -0.05) is 31.2 Å². The van der Waals surface area contributed by atoms with E-state index >= 15 is 0 Å². The molecule has 0 unspecified atom stereocenters. The van der Waals surface area contributed by atoms with Crippen LogP contribution in [0.3, 0.4) is 0 Å². The van der Waals surface area contributed by atoms with E-state index in [0.29, 0.717) is 11.8 Å². The van der Waals surface area contributed by atoms with E-state index in [4.69, 9.17) is 16.3 Å². The highest BCUT2D eigenvalue weighted by Crippen LogP contribution is 2.29. The molecule has 0 atom stereocenters. The molecular formula is C20H23Br2ClN4OSi. The molecule has 0 saturated carbocycles. The highest BCUT2D eigenvalue weighted by Gasteiger charge is 2.13. The first-order valence-electron chi connectivity index (χ1n) is 9.20. The summed E-state index contributed by atoms with van der Waals surface area (Å²) in [6.45, 7) is 8.37. The monoisotopic (exact) mass is 556 g/mol. The van der Waals surface area contributed by atoms with Crippen molar-refractivity contribution in [3.8, 4) is 0 Å². The smallest absolute Gasteiger partial charge is 0.143 e. The lowest BCUT2D eigenvalue weighted by molar-refractivity contribution is 0.0899. The largest absolute Gasteiger partial charge is 0.361 e. The Morgan fingerprint density at radius 3 is 2.72 bits per heavy atom. The number of nitrogens with one attached hydrogen (secondary N) is 1. The minimum Gasteiger partial charge on any atom is -0.361 e. The van der Waals surface area contributed by atoms with Crippen LogP contribution in [0.5, 0.6) is 0 Å². The molecule has 0 spiro atoms. The Labute approximate surface area is 193 Å². The molecule has 0 aliphatic carbocycles. The third-order valence-electron chi connectivity index (χ3n) is 4.27. The van der Waals surface area contributed by atoms with Crippen LogP contribution >= 0.6 is 43.5 Å². The zero-order chi connectivity index (χ0) is 21.0. The fourth-order valence-corrected chi connectivity index (χ4v) is 4.26. The fourth-order valence-electron chi connectivity index (χ4n) is 2.64. The topological polar surface area (TPSA) is 55.7 Å². The van der Waals surface area contributed by atoms with Crippen LogP contribution in [0.2, 0.25) is 30.7 Å². The highest BCUT2D eigenvalue weighted by atomic mass is 79.9. The van der Waals surface area contributed by atoms with Gasteiger partial charge in [-0.25, -0.2) is 9.97 Å². The third kappa shape index (κ3) is 6.15. The van der Waals surface area contributed by atoms with E-state index in [0.717, 1.165) is 37.6 Å². The summed E-state index contributed by atoms with van der Waals surface area (Å²) in [6.07, 6.45) is 7.34. The molecule has 0 bridgehead atoms. The molecule has 0 amide bonds. The van der Waals surface area contributed by atoms with Crippen molar-refractivity contribution in [2.45, 2.75) is 32.4 Å². The van der Waals surface area contributed by atoms with Gasteiger partial charge in [0.15, 0.2) is 0 Å². The number of nitrogens with zero attached hydrogens (tertiary/aromatic N) is 3. The van der Waals surface area contributed by atoms with Crippen LogP contribution in [0.15, 0.2) is 51.9 Å². The van der Waals surface area contributed by atoms with E-state index in [1.54, 1.807) is 12.4 Å². The molecule has 5 nitrogen and oxygen atoms in total. The van der Waals surface area contributed by atoms with Crippen LogP contribution < -0.4 is 0 Å². The van der Waals surface area contributed by atoms with Gasteiger partial charge in [0.2, 0.25) is 0 Å². The summed E-state index contributed by atoms with van der Waals surface area (Å²) in [4.78, 5) is 11.5. The van der Waals surface area contributed by atoms with Crippen LogP contribution in [0.4, 0.5) is 0 Å². The third-order valence-corrected chi connectivity index (χ3v) is 7.65. The lowest BCUT2D eigenvalue weighted by atomic mass is 10.3. The molecule has 0 aromatic carbocycles. The second kappa shape index (κ2) is 9.74. The SMILES string of the molecule is Brc1cnc2[nH]ccc2c1.C[Si](C)(C)CCOCn1ccc2c(Cl)c(Br)cnc21. The maximum atomic E-state index is 6.23. The van der Waals surface area contributed by atoms with Crippen molar-refractivity contribution in [1.82, 2.24) is 19.5 Å². The van der Waals surface area contributed by atoms with Gasteiger partial charge in [0.05, 0.1) is 9.50 Å². The van der Waals surface area contributed by atoms with Crippen LogP contribution in [-0.2, 0) is 11.5 Å². The maximum absolute atomic E-state index is 6.23. The molecule has 0 fully saturated rings. The van der Waals surface area contributed by atoms with Crippen molar-refractivity contribution in [1.29, 1.82) is 0 Å². The Hall–Kier alpha value is -1.19. The normalized spacial score (nSPS) is 11.7. The number of hydrogen-bond donors (Lipinski definition) is 1. The average Bonchev–Trinajstić information content (AvgIpc) is 3.28. The van der Waals surface area contributed by atoms with Gasteiger partial charge in [-0.2, -0.15) is 0 Å². The summed E-state index contributed by atoms with van der Waals surface area (Å²) in [6, 6.07) is 7.16. The van der Waals surface area contributed by atoms with Crippen LogP contribution in [0.25, 0.3) is 22.1 Å². The Bertz CT molecular complexity index is 1110. The minimum atomic E-state index is -1.03. The minimum absolute atomic E-state index is 0.527. The van der Waals surface area contributed by atoms with Crippen LogP contribution in [-0.4, -0.2) is 34.2 Å². The number of rotatable bonds is 5. The summed E-state index contributed by atoms with van der Waals surface area (Å²) in [5.74, 6) is 0. The number of halogens is 3. The van der Waals surface area contributed by atoms with Crippen molar-refractivity contribution in [2.24, 2.45) is 0 Å². The Morgan fingerprint density at radius 1 is 1.17 bits per heavy atom. The number of aromatic nitrogens is 4. The second-order valence-electron chi connectivity index (χ2n) is 7.86. The lowest BCUT2D eigenvalue weighted by Gasteiger charge is -2.15. The summed E-state index contributed by atoms with van der Waals surface area (Å²) < 4.78 is 9.55.